The third kappa shape index (κ3) is 5.55. The zero-order valence-corrected chi connectivity index (χ0v) is 17.5. The van der Waals surface area contributed by atoms with Gasteiger partial charge in [-0.3, -0.25) is 9.59 Å². The first-order valence-electron chi connectivity index (χ1n) is 9.77. The van der Waals surface area contributed by atoms with Crippen molar-refractivity contribution in [1.29, 1.82) is 0 Å². The maximum atomic E-state index is 12.6. The third-order valence-electron chi connectivity index (χ3n) is 4.78. The molecule has 0 atom stereocenters. The highest BCUT2D eigenvalue weighted by Gasteiger charge is 2.14. The molecule has 0 saturated heterocycles. The van der Waals surface area contributed by atoms with E-state index in [4.69, 9.17) is 16.7 Å². The zero-order valence-electron chi connectivity index (χ0n) is 16.8. The van der Waals surface area contributed by atoms with Crippen LogP contribution < -0.4 is 10.9 Å². The summed E-state index contributed by atoms with van der Waals surface area (Å²) >= 11 is 6.22. The van der Waals surface area contributed by atoms with Crippen LogP contribution in [0.3, 0.4) is 0 Å². The Labute approximate surface area is 180 Å². The number of aliphatic hydroxyl groups is 1. The van der Waals surface area contributed by atoms with E-state index in [0.29, 0.717) is 29.5 Å². The molecule has 0 fully saturated rings. The molecule has 3 aromatic rings. The fraction of sp³-hybridized carbons (Fsp3) is 0.261. The number of ketones is 1. The molecule has 0 aliphatic heterocycles. The maximum Gasteiger partial charge on any atom is 0.278 e. The van der Waals surface area contributed by atoms with Crippen LogP contribution in [0.25, 0.3) is 0 Å². The molecule has 0 amide bonds. The van der Waals surface area contributed by atoms with Crippen molar-refractivity contribution in [2.24, 2.45) is 0 Å². The Morgan fingerprint density at radius 3 is 2.67 bits per heavy atom. The molecule has 2 N–H and O–H groups in total. The van der Waals surface area contributed by atoms with Crippen molar-refractivity contribution in [2.75, 3.05) is 11.9 Å². The molecular weight excluding hydrogens is 402 g/mol. The molecule has 156 valence electrons. The first-order chi connectivity index (χ1) is 14.5. The molecule has 2 aromatic carbocycles. The van der Waals surface area contributed by atoms with E-state index in [0.717, 1.165) is 16.8 Å². The number of nitrogens with zero attached hydrogens (tertiary/aromatic N) is 2. The van der Waals surface area contributed by atoms with E-state index in [2.05, 4.69) is 10.3 Å². The number of anilines is 2. The van der Waals surface area contributed by atoms with Crippen LogP contribution in [0.2, 0.25) is 5.02 Å². The van der Waals surface area contributed by atoms with Gasteiger partial charge in [-0.1, -0.05) is 48.0 Å². The SMILES string of the molecule is Cc1c(Cl)cccc1Nc1nc(=O)c(CC(=O)CCCO)cn1Cc1ccccc1. The van der Waals surface area contributed by atoms with E-state index in [9.17, 15) is 9.59 Å². The monoisotopic (exact) mass is 425 g/mol. The molecule has 1 heterocycles. The molecule has 3 rings (SSSR count). The minimum Gasteiger partial charge on any atom is -0.396 e. The molecule has 0 spiro atoms. The Kier molecular flexibility index (Phi) is 7.38. The van der Waals surface area contributed by atoms with Crippen LogP contribution in [-0.4, -0.2) is 27.0 Å². The van der Waals surface area contributed by atoms with Crippen LogP contribution in [0.15, 0.2) is 59.5 Å². The molecule has 30 heavy (non-hydrogen) atoms. The normalized spacial score (nSPS) is 10.8. The van der Waals surface area contributed by atoms with Crippen LogP contribution in [0.5, 0.6) is 0 Å². The summed E-state index contributed by atoms with van der Waals surface area (Å²) in [7, 11) is 0. The second kappa shape index (κ2) is 10.2. The zero-order chi connectivity index (χ0) is 21.5. The van der Waals surface area contributed by atoms with Crippen LogP contribution in [-0.2, 0) is 17.8 Å². The van der Waals surface area contributed by atoms with Crippen molar-refractivity contribution in [3.05, 3.63) is 86.8 Å². The highest BCUT2D eigenvalue weighted by atomic mass is 35.5. The van der Waals surface area contributed by atoms with Gasteiger partial charge in [-0.15, -0.1) is 0 Å². The number of carbonyl (C=O) groups excluding carboxylic acids is 1. The number of nitrogens with one attached hydrogen (secondary N) is 1. The van der Waals surface area contributed by atoms with Gasteiger partial charge in [0.1, 0.15) is 5.78 Å². The molecule has 0 aliphatic carbocycles. The number of aromatic nitrogens is 2. The fourth-order valence-corrected chi connectivity index (χ4v) is 3.27. The fourth-order valence-electron chi connectivity index (χ4n) is 3.10. The Bertz CT molecular complexity index is 1080. The van der Waals surface area contributed by atoms with Crippen molar-refractivity contribution in [3.8, 4) is 0 Å². The number of benzene rings is 2. The largest absolute Gasteiger partial charge is 0.396 e. The predicted octanol–water partition coefficient (Wildman–Crippen LogP) is 3.88. The van der Waals surface area contributed by atoms with Gasteiger partial charge in [0.15, 0.2) is 0 Å². The lowest BCUT2D eigenvalue weighted by Crippen LogP contribution is -2.23. The van der Waals surface area contributed by atoms with Gasteiger partial charge in [0.25, 0.3) is 5.56 Å². The number of rotatable bonds is 9. The minimum absolute atomic E-state index is 0.00288. The summed E-state index contributed by atoms with van der Waals surface area (Å²) in [6.45, 7) is 2.32. The first-order valence-corrected chi connectivity index (χ1v) is 10.1. The number of carbonyl (C=O) groups is 1. The smallest absolute Gasteiger partial charge is 0.278 e. The average molecular weight is 426 g/mol. The Morgan fingerprint density at radius 1 is 1.17 bits per heavy atom. The number of Topliss-reactive ketones (excluding diaryl/α,β-unsaturated/α-hetero) is 1. The summed E-state index contributed by atoms with van der Waals surface area (Å²) in [6.07, 6.45) is 2.30. The van der Waals surface area contributed by atoms with Gasteiger partial charge in [0, 0.05) is 41.9 Å². The molecule has 1 aromatic heterocycles. The maximum absolute atomic E-state index is 12.6. The van der Waals surface area contributed by atoms with E-state index < -0.39 is 5.56 Å². The lowest BCUT2D eigenvalue weighted by atomic mass is 10.1. The number of halogens is 1. The molecule has 0 bridgehead atoms. The summed E-state index contributed by atoms with van der Waals surface area (Å²) in [5.74, 6) is 0.279. The van der Waals surface area contributed by atoms with Crippen molar-refractivity contribution in [1.82, 2.24) is 9.55 Å². The third-order valence-corrected chi connectivity index (χ3v) is 5.19. The van der Waals surface area contributed by atoms with Crippen LogP contribution in [0.1, 0.15) is 29.5 Å². The standard InChI is InChI=1S/C23H24ClN3O3/c1-16-20(24)10-5-11-21(16)25-23-26-22(30)18(13-19(29)9-6-12-28)15-27(23)14-17-7-3-2-4-8-17/h2-5,7-8,10-11,15,28H,6,9,12-14H2,1H3,(H,25,26,30). The van der Waals surface area contributed by atoms with E-state index >= 15 is 0 Å². The lowest BCUT2D eigenvalue weighted by molar-refractivity contribution is -0.118. The van der Waals surface area contributed by atoms with Crippen LogP contribution >= 0.6 is 11.6 Å². The molecule has 6 nitrogen and oxygen atoms in total. The van der Waals surface area contributed by atoms with E-state index in [1.807, 2.05) is 54.0 Å². The van der Waals surface area contributed by atoms with Crippen molar-refractivity contribution >= 4 is 29.0 Å². The summed E-state index contributed by atoms with van der Waals surface area (Å²) in [4.78, 5) is 29.0. The topological polar surface area (TPSA) is 84.2 Å². The molecule has 0 aliphatic rings. The van der Waals surface area contributed by atoms with Gasteiger partial charge < -0.3 is 15.0 Å². The van der Waals surface area contributed by atoms with Gasteiger partial charge in [0.05, 0.1) is 6.54 Å². The van der Waals surface area contributed by atoms with Crippen molar-refractivity contribution in [3.63, 3.8) is 0 Å². The second-order valence-electron chi connectivity index (χ2n) is 7.09. The Morgan fingerprint density at radius 2 is 1.93 bits per heavy atom. The average Bonchev–Trinajstić information content (AvgIpc) is 2.73. The summed E-state index contributed by atoms with van der Waals surface area (Å²) in [5, 5.41) is 12.7. The van der Waals surface area contributed by atoms with Crippen LogP contribution in [0, 0.1) is 6.92 Å². The Balaban J connectivity index is 1.97. The molecule has 0 saturated carbocycles. The highest BCUT2D eigenvalue weighted by molar-refractivity contribution is 6.31. The van der Waals surface area contributed by atoms with E-state index in [-0.39, 0.29) is 25.2 Å². The summed E-state index contributed by atoms with van der Waals surface area (Å²) in [6, 6.07) is 15.3. The van der Waals surface area contributed by atoms with Gasteiger partial charge in [-0.05, 0) is 36.6 Å². The van der Waals surface area contributed by atoms with E-state index in [1.54, 1.807) is 12.3 Å². The lowest BCUT2D eigenvalue weighted by Gasteiger charge is -2.17. The minimum atomic E-state index is -0.446. The molecule has 7 heteroatoms. The van der Waals surface area contributed by atoms with Crippen LogP contribution in [0.4, 0.5) is 11.6 Å². The molecule has 0 unspecified atom stereocenters. The second-order valence-corrected chi connectivity index (χ2v) is 7.50. The number of hydrogen-bond donors (Lipinski definition) is 2. The first kappa shape index (κ1) is 21.7. The van der Waals surface area contributed by atoms with Crippen molar-refractivity contribution < 1.29 is 9.90 Å². The molecule has 0 radical (unpaired) electrons. The summed E-state index contributed by atoms with van der Waals surface area (Å²) < 4.78 is 1.83. The summed E-state index contributed by atoms with van der Waals surface area (Å²) in [5.41, 5.74) is 2.53. The van der Waals surface area contributed by atoms with Gasteiger partial charge >= 0.3 is 0 Å². The number of aliphatic hydroxyl groups excluding tert-OH is 1. The Hall–Kier alpha value is -2.96. The number of hydrogen-bond acceptors (Lipinski definition) is 5. The molecular formula is C23H24ClN3O3. The predicted molar refractivity (Wildman–Crippen MR) is 119 cm³/mol. The van der Waals surface area contributed by atoms with Crippen molar-refractivity contribution in [2.45, 2.75) is 32.7 Å². The van der Waals surface area contributed by atoms with Gasteiger partial charge in [-0.25, -0.2) is 0 Å². The highest BCUT2D eigenvalue weighted by Crippen LogP contribution is 2.25. The quantitative estimate of drug-likeness (QED) is 0.543. The van der Waals surface area contributed by atoms with E-state index in [1.165, 1.54) is 0 Å². The van der Waals surface area contributed by atoms with Gasteiger partial charge in [0.2, 0.25) is 5.95 Å². The van der Waals surface area contributed by atoms with Gasteiger partial charge in [-0.2, -0.15) is 4.98 Å².